The van der Waals surface area contributed by atoms with Crippen molar-refractivity contribution < 1.29 is 0 Å². The standard InChI is InChI=1S/C15H24N2/c1-11(2)14-10-17(8-7-16-14)15-9-12(3)5-6-13(15)4/h5-6,9,11,14,16H,7-8,10H2,1-4H3. The molecule has 1 atom stereocenters. The third-order valence-electron chi connectivity index (χ3n) is 3.72. The molecule has 1 aromatic rings. The molecule has 17 heavy (non-hydrogen) atoms. The quantitative estimate of drug-likeness (QED) is 0.843. The average molecular weight is 232 g/mol. The normalized spacial score (nSPS) is 21.0. The van der Waals surface area contributed by atoms with Gasteiger partial charge >= 0.3 is 0 Å². The van der Waals surface area contributed by atoms with Crippen LogP contribution in [0.3, 0.4) is 0 Å². The number of hydrogen-bond acceptors (Lipinski definition) is 2. The van der Waals surface area contributed by atoms with Crippen LogP contribution in [-0.2, 0) is 0 Å². The van der Waals surface area contributed by atoms with E-state index in [1.54, 1.807) is 0 Å². The monoisotopic (exact) mass is 232 g/mol. The first-order chi connectivity index (χ1) is 8.08. The molecule has 1 aromatic carbocycles. The lowest BCUT2D eigenvalue weighted by atomic mass is 10.0. The Hall–Kier alpha value is -1.02. The van der Waals surface area contributed by atoms with Crippen molar-refractivity contribution in [2.45, 2.75) is 33.7 Å². The third kappa shape index (κ3) is 2.81. The molecule has 0 amide bonds. The van der Waals surface area contributed by atoms with Gasteiger partial charge < -0.3 is 10.2 Å². The highest BCUT2D eigenvalue weighted by Crippen LogP contribution is 2.23. The molecular formula is C15H24N2. The van der Waals surface area contributed by atoms with Gasteiger partial charge in [-0.05, 0) is 37.0 Å². The van der Waals surface area contributed by atoms with E-state index in [9.17, 15) is 0 Å². The number of piperazine rings is 1. The van der Waals surface area contributed by atoms with E-state index in [1.807, 2.05) is 0 Å². The summed E-state index contributed by atoms with van der Waals surface area (Å²) in [5, 5.41) is 3.61. The maximum atomic E-state index is 3.61. The van der Waals surface area contributed by atoms with Crippen LogP contribution in [0, 0.1) is 19.8 Å². The van der Waals surface area contributed by atoms with Crippen molar-refractivity contribution in [2.24, 2.45) is 5.92 Å². The van der Waals surface area contributed by atoms with E-state index < -0.39 is 0 Å². The van der Waals surface area contributed by atoms with Crippen LogP contribution >= 0.6 is 0 Å². The molecule has 0 aliphatic carbocycles. The predicted octanol–water partition coefficient (Wildman–Crippen LogP) is 2.74. The summed E-state index contributed by atoms with van der Waals surface area (Å²) >= 11 is 0. The first-order valence-corrected chi connectivity index (χ1v) is 6.63. The fourth-order valence-corrected chi connectivity index (χ4v) is 2.50. The molecule has 1 heterocycles. The molecule has 0 bridgehead atoms. The van der Waals surface area contributed by atoms with Gasteiger partial charge in [0.1, 0.15) is 0 Å². The highest BCUT2D eigenvalue weighted by atomic mass is 15.2. The molecule has 0 aromatic heterocycles. The minimum atomic E-state index is 0.615. The molecule has 0 spiro atoms. The Bertz CT molecular complexity index is 385. The molecule has 1 aliphatic heterocycles. The molecule has 1 saturated heterocycles. The van der Waals surface area contributed by atoms with E-state index in [0.717, 1.165) is 19.6 Å². The minimum Gasteiger partial charge on any atom is -0.368 e. The predicted molar refractivity (Wildman–Crippen MR) is 74.8 cm³/mol. The van der Waals surface area contributed by atoms with Crippen LogP contribution < -0.4 is 10.2 Å². The molecule has 1 N–H and O–H groups in total. The highest BCUT2D eigenvalue weighted by molar-refractivity contribution is 5.55. The molecule has 2 rings (SSSR count). The lowest BCUT2D eigenvalue weighted by Crippen LogP contribution is -2.53. The Labute approximate surface area is 105 Å². The summed E-state index contributed by atoms with van der Waals surface area (Å²) in [5.74, 6) is 0.697. The maximum Gasteiger partial charge on any atom is 0.0399 e. The Morgan fingerprint density at radius 3 is 2.76 bits per heavy atom. The molecule has 2 nitrogen and oxygen atoms in total. The lowest BCUT2D eigenvalue weighted by Gasteiger charge is -2.38. The molecule has 0 saturated carbocycles. The zero-order chi connectivity index (χ0) is 12.4. The molecular weight excluding hydrogens is 208 g/mol. The van der Waals surface area contributed by atoms with Crippen LogP contribution in [-0.4, -0.2) is 25.7 Å². The smallest absolute Gasteiger partial charge is 0.0399 e. The number of nitrogens with zero attached hydrogens (tertiary/aromatic N) is 1. The van der Waals surface area contributed by atoms with Gasteiger partial charge in [-0.3, -0.25) is 0 Å². The molecule has 0 radical (unpaired) electrons. The average Bonchev–Trinajstić information content (AvgIpc) is 2.32. The van der Waals surface area contributed by atoms with E-state index in [1.165, 1.54) is 16.8 Å². The highest BCUT2D eigenvalue weighted by Gasteiger charge is 2.22. The Kier molecular flexibility index (Phi) is 3.72. The summed E-state index contributed by atoms with van der Waals surface area (Å²) < 4.78 is 0. The molecule has 1 unspecified atom stereocenters. The van der Waals surface area contributed by atoms with E-state index >= 15 is 0 Å². The van der Waals surface area contributed by atoms with Gasteiger partial charge in [-0.1, -0.05) is 26.0 Å². The number of hydrogen-bond donors (Lipinski definition) is 1. The fourth-order valence-electron chi connectivity index (χ4n) is 2.50. The van der Waals surface area contributed by atoms with Crippen molar-refractivity contribution in [3.05, 3.63) is 29.3 Å². The van der Waals surface area contributed by atoms with Crippen molar-refractivity contribution in [3.63, 3.8) is 0 Å². The number of aryl methyl sites for hydroxylation is 2. The molecule has 2 heteroatoms. The summed E-state index contributed by atoms with van der Waals surface area (Å²) in [6.45, 7) is 12.3. The second-order valence-electron chi connectivity index (χ2n) is 5.54. The first kappa shape index (κ1) is 12.4. The number of nitrogens with one attached hydrogen (secondary N) is 1. The van der Waals surface area contributed by atoms with Gasteiger partial charge in [-0.2, -0.15) is 0 Å². The number of benzene rings is 1. The SMILES string of the molecule is Cc1ccc(C)c(N2CCNC(C(C)C)C2)c1. The van der Waals surface area contributed by atoms with Crippen LogP contribution in [0.25, 0.3) is 0 Å². The van der Waals surface area contributed by atoms with E-state index in [0.29, 0.717) is 12.0 Å². The Morgan fingerprint density at radius 1 is 1.29 bits per heavy atom. The van der Waals surface area contributed by atoms with Gasteiger partial charge in [-0.15, -0.1) is 0 Å². The van der Waals surface area contributed by atoms with Gasteiger partial charge in [0.25, 0.3) is 0 Å². The van der Waals surface area contributed by atoms with Crippen molar-refractivity contribution in [2.75, 3.05) is 24.5 Å². The van der Waals surface area contributed by atoms with Gasteiger partial charge in [0.2, 0.25) is 0 Å². The summed E-state index contributed by atoms with van der Waals surface area (Å²) in [4.78, 5) is 2.53. The zero-order valence-electron chi connectivity index (χ0n) is 11.5. The Balaban J connectivity index is 2.18. The zero-order valence-corrected chi connectivity index (χ0v) is 11.5. The van der Waals surface area contributed by atoms with Crippen LogP contribution in [0.2, 0.25) is 0 Å². The first-order valence-electron chi connectivity index (χ1n) is 6.63. The van der Waals surface area contributed by atoms with Gasteiger partial charge in [0.05, 0.1) is 0 Å². The molecule has 1 aliphatic rings. The van der Waals surface area contributed by atoms with Crippen molar-refractivity contribution >= 4 is 5.69 Å². The summed E-state index contributed by atoms with van der Waals surface area (Å²) in [5.41, 5.74) is 4.15. The van der Waals surface area contributed by atoms with Crippen LogP contribution in [0.4, 0.5) is 5.69 Å². The van der Waals surface area contributed by atoms with E-state index in [2.05, 4.69) is 56.1 Å². The molecule has 1 fully saturated rings. The summed E-state index contributed by atoms with van der Waals surface area (Å²) in [7, 11) is 0. The second kappa shape index (κ2) is 5.09. The van der Waals surface area contributed by atoms with Crippen molar-refractivity contribution in [3.8, 4) is 0 Å². The van der Waals surface area contributed by atoms with Gasteiger partial charge in [0, 0.05) is 31.4 Å². The molecule has 94 valence electrons. The Morgan fingerprint density at radius 2 is 2.06 bits per heavy atom. The topological polar surface area (TPSA) is 15.3 Å². The van der Waals surface area contributed by atoms with Gasteiger partial charge in [0.15, 0.2) is 0 Å². The number of rotatable bonds is 2. The van der Waals surface area contributed by atoms with E-state index in [4.69, 9.17) is 0 Å². The summed E-state index contributed by atoms with van der Waals surface area (Å²) in [6.07, 6.45) is 0. The van der Waals surface area contributed by atoms with Crippen LogP contribution in [0.5, 0.6) is 0 Å². The van der Waals surface area contributed by atoms with Gasteiger partial charge in [-0.25, -0.2) is 0 Å². The fraction of sp³-hybridized carbons (Fsp3) is 0.600. The van der Waals surface area contributed by atoms with Crippen LogP contribution in [0.15, 0.2) is 18.2 Å². The second-order valence-corrected chi connectivity index (χ2v) is 5.54. The summed E-state index contributed by atoms with van der Waals surface area (Å²) in [6, 6.07) is 7.36. The van der Waals surface area contributed by atoms with Crippen molar-refractivity contribution in [1.82, 2.24) is 5.32 Å². The van der Waals surface area contributed by atoms with E-state index in [-0.39, 0.29) is 0 Å². The van der Waals surface area contributed by atoms with Crippen molar-refractivity contribution in [1.29, 1.82) is 0 Å². The minimum absolute atomic E-state index is 0.615. The largest absolute Gasteiger partial charge is 0.368 e. The lowest BCUT2D eigenvalue weighted by molar-refractivity contribution is 0.368. The number of anilines is 1. The third-order valence-corrected chi connectivity index (χ3v) is 3.72. The van der Waals surface area contributed by atoms with Crippen LogP contribution in [0.1, 0.15) is 25.0 Å². The maximum absolute atomic E-state index is 3.61.